The van der Waals surface area contributed by atoms with E-state index in [9.17, 15) is 0 Å². The Bertz CT molecular complexity index is 383. The number of nitrogens with zero attached hydrogens (tertiary/aromatic N) is 4. The minimum atomic E-state index is -0.0492. The third-order valence-corrected chi connectivity index (χ3v) is 2.26. The summed E-state index contributed by atoms with van der Waals surface area (Å²) in [5.41, 5.74) is 5.83. The van der Waals surface area contributed by atoms with Crippen LogP contribution in [0.3, 0.4) is 0 Å². The largest absolute Gasteiger partial charge is 0.409 e. The van der Waals surface area contributed by atoms with E-state index in [4.69, 9.17) is 16.0 Å². The van der Waals surface area contributed by atoms with E-state index in [1.165, 1.54) is 0 Å². The molecule has 0 saturated carbocycles. The fourth-order valence-electron chi connectivity index (χ4n) is 1.36. The molecule has 0 unspecified atom stereocenters. The maximum absolute atomic E-state index is 8.80. The second kappa shape index (κ2) is 6.64. The first-order valence-corrected chi connectivity index (χ1v) is 5.39. The number of aromatic nitrogens is 2. The highest BCUT2D eigenvalue weighted by Gasteiger charge is 2.09. The van der Waals surface area contributed by atoms with Crippen molar-refractivity contribution in [2.24, 2.45) is 10.9 Å². The molecule has 1 heterocycles. The lowest BCUT2D eigenvalue weighted by Crippen LogP contribution is -2.27. The molecule has 0 radical (unpaired) electrons. The fourth-order valence-corrected chi connectivity index (χ4v) is 1.36. The van der Waals surface area contributed by atoms with Gasteiger partial charge in [-0.1, -0.05) is 5.16 Å². The summed E-state index contributed by atoms with van der Waals surface area (Å²) in [6.07, 6.45) is 2.20. The molecule has 1 aromatic heterocycles. The Labute approximate surface area is 99.6 Å². The maximum atomic E-state index is 8.80. The number of hydrogen-bond acceptors (Lipinski definition) is 6. The van der Waals surface area contributed by atoms with Crippen LogP contribution < -0.4 is 10.6 Å². The second-order valence-corrected chi connectivity index (χ2v) is 3.38. The van der Waals surface area contributed by atoms with Crippen LogP contribution in [0.5, 0.6) is 0 Å². The van der Waals surface area contributed by atoms with Gasteiger partial charge in [-0.2, -0.15) is 0 Å². The Balaban J connectivity index is 2.88. The zero-order valence-corrected chi connectivity index (χ0v) is 9.74. The average Bonchev–Trinajstić information content (AvgIpc) is 2.39. The summed E-state index contributed by atoms with van der Waals surface area (Å²) in [4.78, 5) is 10.2. The van der Waals surface area contributed by atoms with E-state index < -0.39 is 0 Å². The highest BCUT2D eigenvalue weighted by atomic mass is 16.4. The number of nitrogens with two attached hydrogens (primary N) is 1. The van der Waals surface area contributed by atoms with Crippen LogP contribution in [-0.4, -0.2) is 45.8 Å². The Morgan fingerprint density at radius 2 is 2.35 bits per heavy atom. The van der Waals surface area contributed by atoms with E-state index in [2.05, 4.69) is 15.1 Å². The number of amidine groups is 1. The van der Waals surface area contributed by atoms with Crippen LogP contribution in [0.2, 0.25) is 0 Å². The molecule has 1 rings (SSSR count). The molecule has 0 aliphatic carbocycles. The van der Waals surface area contributed by atoms with Crippen LogP contribution in [0.25, 0.3) is 0 Å². The van der Waals surface area contributed by atoms with E-state index in [1.54, 1.807) is 12.3 Å². The Kier molecular flexibility index (Phi) is 5.15. The number of rotatable bonds is 6. The highest BCUT2D eigenvalue weighted by molar-refractivity contribution is 5.95. The lowest BCUT2D eigenvalue weighted by Gasteiger charge is -2.20. The van der Waals surface area contributed by atoms with Crippen molar-refractivity contribution in [2.75, 3.05) is 24.6 Å². The Hall–Kier alpha value is -1.89. The third-order valence-electron chi connectivity index (χ3n) is 2.26. The third kappa shape index (κ3) is 3.56. The molecule has 0 atom stereocenters. The summed E-state index contributed by atoms with van der Waals surface area (Å²) in [6, 6.07) is 1.57. The van der Waals surface area contributed by atoms with Crippen molar-refractivity contribution in [1.29, 1.82) is 0 Å². The van der Waals surface area contributed by atoms with Gasteiger partial charge >= 0.3 is 0 Å². The Morgan fingerprint density at radius 1 is 1.59 bits per heavy atom. The monoisotopic (exact) mass is 239 g/mol. The number of aliphatic hydroxyl groups excluding tert-OH is 1. The van der Waals surface area contributed by atoms with Gasteiger partial charge in [-0.25, -0.2) is 9.97 Å². The molecular weight excluding hydrogens is 222 g/mol. The normalized spacial score (nSPS) is 11.5. The summed E-state index contributed by atoms with van der Waals surface area (Å²) in [6.45, 7) is 3.47. The number of aliphatic hydroxyl groups is 1. The average molecular weight is 239 g/mol. The van der Waals surface area contributed by atoms with Crippen molar-refractivity contribution in [2.45, 2.75) is 13.3 Å². The highest BCUT2D eigenvalue weighted by Crippen LogP contribution is 2.07. The van der Waals surface area contributed by atoms with Crippen LogP contribution in [-0.2, 0) is 0 Å². The predicted molar refractivity (Wildman–Crippen MR) is 64.1 cm³/mol. The van der Waals surface area contributed by atoms with Gasteiger partial charge in [0.15, 0.2) is 5.84 Å². The summed E-state index contributed by atoms with van der Waals surface area (Å²) < 4.78 is 0. The first kappa shape index (κ1) is 13.2. The number of anilines is 1. The number of oxime groups is 1. The van der Waals surface area contributed by atoms with Gasteiger partial charge in [0.2, 0.25) is 5.95 Å². The molecule has 1 aromatic rings. The van der Waals surface area contributed by atoms with Crippen molar-refractivity contribution in [1.82, 2.24) is 9.97 Å². The predicted octanol–water partition coefficient (Wildman–Crippen LogP) is -0.220. The molecule has 17 heavy (non-hydrogen) atoms. The van der Waals surface area contributed by atoms with E-state index in [0.717, 1.165) is 6.54 Å². The van der Waals surface area contributed by atoms with Crippen molar-refractivity contribution < 1.29 is 10.3 Å². The summed E-state index contributed by atoms with van der Waals surface area (Å²) in [5, 5.41) is 20.3. The van der Waals surface area contributed by atoms with Crippen LogP contribution in [0.4, 0.5) is 5.95 Å². The zero-order chi connectivity index (χ0) is 12.7. The lowest BCUT2D eigenvalue weighted by atomic mass is 10.3. The minimum absolute atomic E-state index is 0.0492. The zero-order valence-electron chi connectivity index (χ0n) is 9.74. The quantitative estimate of drug-likeness (QED) is 0.274. The second-order valence-electron chi connectivity index (χ2n) is 3.38. The fraction of sp³-hybridized carbons (Fsp3) is 0.500. The summed E-state index contributed by atoms with van der Waals surface area (Å²) in [7, 11) is 0. The van der Waals surface area contributed by atoms with E-state index in [1.807, 2.05) is 11.8 Å². The molecule has 0 spiro atoms. The molecule has 0 fully saturated rings. The van der Waals surface area contributed by atoms with Gasteiger partial charge < -0.3 is 20.9 Å². The van der Waals surface area contributed by atoms with Gasteiger partial charge in [0.25, 0.3) is 0 Å². The van der Waals surface area contributed by atoms with Crippen molar-refractivity contribution in [3.8, 4) is 0 Å². The van der Waals surface area contributed by atoms with Crippen LogP contribution in [0, 0.1) is 0 Å². The maximum Gasteiger partial charge on any atom is 0.225 e. The first-order chi connectivity index (χ1) is 8.22. The van der Waals surface area contributed by atoms with Gasteiger partial charge in [-0.15, -0.1) is 0 Å². The van der Waals surface area contributed by atoms with Crippen LogP contribution in [0.1, 0.15) is 19.0 Å². The molecule has 0 aliphatic rings. The molecule has 0 amide bonds. The molecule has 4 N–H and O–H groups in total. The van der Waals surface area contributed by atoms with Gasteiger partial charge in [0, 0.05) is 25.9 Å². The summed E-state index contributed by atoms with van der Waals surface area (Å²) >= 11 is 0. The van der Waals surface area contributed by atoms with Crippen LogP contribution >= 0.6 is 0 Å². The molecule has 0 bridgehead atoms. The number of hydrogen-bond donors (Lipinski definition) is 3. The van der Waals surface area contributed by atoms with Gasteiger partial charge in [-0.3, -0.25) is 0 Å². The lowest BCUT2D eigenvalue weighted by molar-refractivity contribution is 0.289. The van der Waals surface area contributed by atoms with E-state index in [-0.39, 0.29) is 12.4 Å². The molecule has 0 saturated heterocycles. The minimum Gasteiger partial charge on any atom is -0.409 e. The molecule has 0 aromatic carbocycles. The van der Waals surface area contributed by atoms with Crippen LogP contribution in [0.15, 0.2) is 17.4 Å². The van der Waals surface area contributed by atoms with Gasteiger partial charge in [0.1, 0.15) is 5.69 Å². The van der Waals surface area contributed by atoms with E-state index >= 15 is 0 Å². The van der Waals surface area contributed by atoms with Gasteiger partial charge in [0.05, 0.1) is 0 Å². The standard InChI is InChI=1S/C10H17N5O2/c1-2-15(6-3-7-16)10-12-5-4-8(13-10)9(11)14-17/h4-5,16-17H,2-3,6-7H2,1H3,(H2,11,14). The van der Waals surface area contributed by atoms with Gasteiger partial charge in [-0.05, 0) is 19.4 Å². The molecule has 94 valence electrons. The Morgan fingerprint density at radius 3 is 2.94 bits per heavy atom. The van der Waals surface area contributed by atoms with Crippen molar-refractivity contribution >= 4 is 11.8 Å². The first-order valence-electron chi connectivity index (χ1n) is 5.39. The van der Waals surface area contributed by atoms with Crippen molar-refractivity contribution in [3.63, 3.8) is 0 Å². The molecular formula is C10H17N5O2. The molecule has 7 nitrogen and oxygen atoms in total. The molecule has 7 heteroatoms. The smallest absolute Gasteiger partial charge is 0.225 e. The topological polar surface area (TPSA) is 108 Å². The van der Waals surface area contributed by atoms with E-state index in [0.29, 0.717) is 24.6 Å². The molecule has 0 aliphatic heterocycles. The van der Waals surface area contributed by atoms with Crippen molar-refractivity contribution in [3.05, 3.63) is 18.0 Å². The SMILES string of the molecule is CCN(CCCO)c1nccc(/C(N)=N/O)n1. The summed E-state index contributed by atoms with van der Waals surface area (Å²) in [5.74, 6) is 0.455.